The molecule has 1 saturated heterocycles. The highest BCUT2D eigenvalue weighted by Gasteiger charge is 2.33. The minimum absolute atomic E-state index is 0.00808. The molecule has 3 aromatic rings. The van der Waals surface area contributed by atoms with E-state index in [1.807, 2.05) is 31.3 Å². The van der Waals surface area contributed by atoms with Crippen molar-refractivity contribution in [3.05, 3.63) is 94.2 Å². The first kappa shape index (κ1) is 24.9. The van der Waals surface area contributed by atoms with Gasteiger partial charge in [-0.25, -0.2) is 4.39 Å². The molecular formula is C28H33FN2O4. The van der Waals surface area contributed by atoms with E-state index < -0.39 is 11.4 Å². The summed E-state index contributed by atoms with van der Waals surface area (Å²) in [7, 11) is 0. The van der Waals surface area contributed by atoms with Crippen LogP contribution in [0.25, 0.3) is 0 Å². The second-order valence-electron chi connectivity index (χ2n) is 9.30. The number of pyridine rings is 1. The topological polar surface area (TPSA) is 63.9 Å². The highest BCUT2D eigenvalue weighted by molar-refractivity contribution is 5.27. The van der Waals surface area contributed by atoms with Gasteiger partial charge in [0, 0.05) is 38.4 Å². The van der Waals surface area contributed by atoms with Gasteiger partial charge in [0.25, 0.3) is 5.56 Å². The number of halogens is 1. The molecule has 1 N–H and O–H groups in total. The lowest BCUT2D eigenvalue weighted by molar-refractivity contribution is -0.0543. The van der Waals surface area contributed by atoms with Gasteiger partial charge in [0.15, 0.2) is 11.6 Å². The van der Waals surface area contributed by atoms with Gasteiger partial charge in [-0.15, -0.1) is 0 Å². The van der Waals surface area contributed by atoms with E-state index in [4.69, 9.17) is 9.47 Å². The Balaban J connectivity index is 1.17. The van der Waals surface area contributed by atoms with E-state index in [1.54, 1.807) is 28.8 Å². The largest absolute Gasteiger partial charge is 0.494 e. The molecule has 0 unspecified atom stereocenters. The van der Waals surface area contributed by atoms with E-state index in [-0.39, 0.29) is 17.9 Å². The quantitative estimate of drug-likeness (QED) is 0.442. The van der Waals surface area contributed by atoms with Gasteiger partial charge in [0.2, 0.25) is 0 Å². The fraction of sp³-hybridized carbons (Fsp3) is 0.393. The number of hydrogen-bond donors (Lipinski definition) is 1. The van der Waals surface area contributed by atoms with E-state index in [1.165, 1.54) is 11.6 Å². The molecule has 35 heavy (non-hydrogen) atoms. The van der Waals surface area contributed by atoms with Crippen molar-refractivity contribution in [3.8, 4) is 11.5 Å². The Kier molecular flexibility index (Phi) is 8.21. The number of hydrogen-bond acceptors (Lipinski definition) is 5. The summed E-state index contributed by atoms with van der Waals surface area (Å²) in [5.74, 6) is 0.570. The van der Waals surface area contributed by atoms with Gasteiger partial charge in [0.05, 0.1) is 6.61 Å². The number of benzene rings is 2. The predicted octanol–water partition coefficient (Wildman–Crippen LogP) is 4.17. The normalized spacial score (nSPS) is 15.6. The van der Waals surface area contributed by atoms with Gasteiger partial charge < -0.3 is 19.1 Å². The summed E-state index contributed by atoms with van der Waals surface area (Å²) >= 11 is 0. The first-order chi connectivity index (χ1) is 16.9. The number of aromatic nitrogens is 1. The van der Waals surface area contributed by atoms with Crippen LogP contribution in [-0.4, -0.2) is 46.5 Å². The number of aliphatic hydroxyl groups is 1. The maximum Gasteiger partial charge on any atom is 0.250 e. The Bertz CT molecular complexity index is 1150. The molecule has 0 bridgehead atoms. The Morgan fingerprint density at radius 2 is 1.74 bits per heavy atom. The molecule has 186 valence electrons. The molecule has 1 aliphatic rings. The minimum atomic E-state index is -0.944. The highest BCUT2D eigenvalue weighted by atomic mass is 19.1. The standard InChI is InChI=1S/C28H33FN2O4/c1-22-7-12-27(32)31(19-22)15-4-18-34-24-10-8-23(9-11-24)20-30-16-13-28(33,14-17-30)21-35-26-6-3-2-5-25(26)29/h2-3,5-12,19,33H,4,13-18,20-21H2,1H3. The van der Waals surface area contributed by atoms with Gasteiger partial charge in [0.1, 0.15) is 18.0 Å². The Hall–Kier alpha value is -3.16. The molecule has 1 fully saturated rings. The maximum absolute atomic E-state index is 13.8. The van der Waals surface area contributed by atoms with E-state index in [2.05, 4.69) is 17.0 Å². The number of ether oxygens (including phenoxy) is 2. The number of nitrogens with zero attached hydrogens (tertiary/aromatic N) is 2. The maximum atomic E-state index is 13.8. The van der Waals surface area contributed by atoms with Crippen molar-refractivity contribution in [2.24, 2.45) is 0 Å². The van der Waals surface area contributed by atoms with Gasteiger partial charge in [-0.3, -0.25) is 9.69 Å². The third-order valence-electron chi connectivity index (χ3n) is 6.39. The van der Waals surface area contributed by atoms with Crippen LogP contribution in [0.15, 0.2) is 71.7 Å². The van der Waals surface area contributed by atoms with Crippen LogP contribution in [0.5, 0.6) is 11.5 Å². The van der Waals surface area contributed by atoms with Crippen LogP contribution in [0.3, 0.4) is 0 Å². The zero-order valence-corrected chi connectivity index (χ0v) is 20.2. The smallest absolute Gasteiger partial charge is 0.250 e. The molecule has 2 heterocycles. The Morgan fingerprint density at radius 3 is 2.49 bits per heavy atom. The van der Waals surface area contributed by atoms with Gasteiger partial charge in [-0.2, -0.15) is 0 Å². The number of piperidine rings is 1. The summed E-state index contributed by atoms with van der Waals surface area (Å²) in [5.41, 5.74) is 1.31. The molecular weight excluding hydrogens is 447 g/mol. The lowest BCUT2D eigenvalue weighted by Gasteiger charge is -2.38. The number of rotatable bonds is 10. The average Bonchev–Trinajstić information content (AvgIpc) is 2.86. The molecule has 4 rings (SSSR count). The van der Waals surface area contributed by atoms with Crippen LogP contribution < -0.4 is 15.0 Å². The van der Waals surface area contributed by atoms with Crippen LogP contribution in [0.1, 0.15) is 30.4 Å². The average molecular weight is 481 g/mol. The molecule has 1 aromatic heterocycles. The summed E-state index contributed by atoms with van der Waals surface area (Å²) in [4.78, 5) is 14.2. The predicted molar refractivity (Wildman–Crippen MR) is 133 cm³/mol. The van der Waals surface area contributed by atoms with E-state index in [0.717, 1.165) is 37.4 Å². The summed E-state index contributed by atoms with van der Waals surface area (Å²) in [6.45, 7) is 5.51. The molecule has 0 aliphatic carbocycles. The van der Waals surface area contributed by atoms with Crippen LogP contribution >= 0.6 is 0 Å². The zero-order chi connectivity index (χ0) is 24.7. The van der Waals surface area contributed by atoms with Crippen LogP contribution in [0.4, 0.5) is 4.39 Å². The van der Waals surface area contributed by atoms with E-state index in [0.29, 0.717) is 26.0 Å². The lowest BCUT2D eigenvalue weighted by atomic mass is 9.92. The molecule has 0 spiro atoms. The van der Waals surface area contributed by atoms with Crippen molar-refractivity contribution in [1.82, 2.24) is 9.47 Å². The molecule has 0 saturated carbocycles. The van der Waals surface area contributed by atoms with Crippen molar-refractivity contribution in [2.75, 3.05) is 26.3 Å². The fourth-order valence-electron chi connectivity index (χ4n) is 4.25. The zero-order valence-electron chi connectivity index (χ0n) is 20.2. The number of likely N-dealkylation sites (tertiary alicyclic amines) is 1. The fourth-order valence-corrected chi connectivity index (χ4v) is 4.25. The summed E-state index contributed by atoms with van der Waals surface area (Å²) < 4.78 is 26.9. The summed E-state index contributed by atoms with van der Waals surface area (Å²) in [5, 5.41) is 10.8. The van der Waals surface area contributed by atoms with Crippen LogP contribution in [0, 0.1) is 12.7 Å². The van der Waals surface area contributed by atoms with Crippen LogP contribution in [0.2, 0.25) is 0 Å². The van der Waals surface area contributed by atoms with Crippen LogP contribution in [-0.2, 0) is 13.1 Å². The van der Waals surface area contributed by atoms with E-state index >= 15 is 0 Å². The first-order valence-corrected chi connectivity index (χ1v) is 12.1. The Labute approximate surface area is 205 Å². The molecule has 0 atom stereocenters. The molecule has 6 nitrogen and oxygen atoms in total. The molecule has 7 heteroatoms. The minimum Gasteiger partial charge on any atom is -0.494 e. The van der Waals surface area contributed by atoms with Crippen molar-refractivity contribution < 1.29 is 19.0 Å². The third-order valence-corrected chi connectivity index (χ3v) is 6.39. The lowest BCUT2D eigenvalue weighted by Crippen LogP contribution is -2.47. The summed E-state index contributed by atoms with van der Waals surface area (Å²) in [6.07, 6.45) is 3.77. The molecule has 1 aliphatic heterocycles. The summed E-state index contributed by atoms with van der Waals surface area (Å²) in [6, 6.07) is 17.7. The van der Waals surface area contributed by atoms with Crippen molar-refractivity contribution in [1.29, 1.82) is 0 Å². The Morgan fingerprint density at radius 1 is 1.00 bits per heavy atom. The van der Waals surface area contributed by atoms with Gasteiger partial charge >= 0.3 is 0 Å². The second kappa shape index (κ2) is 11.5. The third kappa shape index (κ3) is 7.16. The highest BCUT2D eigenvalue weighted by Crippen LogP contribution is 2.26. The monoisotopic (exact) mass is 480 g/mol. The van der Waals surface area contributed by atoms with Gasteiger partial charge in [-0.1, -0.05) is 30.3 Å². The van der Waals surface area contributed by atoms with Crippen molar-refractivity contribution in [2.45, 2.75) is 44.9 Å². The van der Waals surface area contributed by atoms with Gasteiger partial charge in [-0.05, 0) is 61.6 Å². The first-order valence-electron chi connectivity index (χ1n) is 12.1. The van der Waals surface area contributed by atoms with E-state index in [9.17, 15) is 14.3 Å². The van der Waals surface area contributed by atoms with Crippen molar-refractivity contribution in [3.63, 3.8) is 0 Å². The molecule has 0 amide bonds. The second-order valence-corrected chi connectivity index (χ2v) is 9.30. The van der Waals surface area contributed by atoms with Crippen molar-refractivity contribution >= 4 is 0 Å². The number of aryl methyl sites for hydroxylation is 2. The molecule has 2 aromatic carbocycles. The number of para-hydroxylation sites is 1. The SMILES string of the molecule is Cc1ccc(=O)n(CCCOc2ccc(CN3CCC(O)(COc4ccccc4F)CC3)cc2)c1. The molecule has 0 radical (unpaired) electrons.